The van der Waals surface area contributed by atoms with Crippen molar-refractivity contribution in [1.82, 2.24) is 5.32 Å². The van der Waals surface area contributed by atoms with E-state index in [0.29, 0.717) is 17.7 Å². The maximum Gasteiger partial charge on any atom is 0.326 e. The van der Waals surface area contributed by atoms with E-state index in [0.717, 1.165) is 44.3 Å². The quantitative estimate of drug-likeness (QED) is 0.434. The summed E-state index contributed by atoms with van der Waals surface area (Å²) in [7, 11) is 1.47. The lowest BCUT2D eigenvalue weighted by Crippen LogP contribution is -2.56. The van der Waals surface area contributed by atoms with Crippen molar-refractivity contribution < 1.29 is 19.7 Å². The summed E-state index contributed by atoms with van der Waals surface area (Å²) < 4.78 is 5.08. The molecule has 0 heterocycles. The Balaban J connectivity index is 1.87. The van der Waals surface area contributed by atoms with Crippen LogP contribution in [0.15, 0.2) is 0 Å². The van der Waals surface area contributed by atoms with Gasteiger partial charge in [0, 0.05) is 11.8 Å². The molecule has 2 rings (SSSR count). The van der Waals surface area contributed by atoms with Gasteiger partial charge in [-0.3, -0.25) is 10.1 Å². The van der Waals surface area contributed by atoms with Crippen LogP contribution in [0.1, 0.15) is 38.5 Å². The zero-order valence-corrected chi connectivity index (χ0v) is 13.5. The van der Waals surface area contributed by atoms with Crippen molar-refractivity contribution in [3.05, 3.63) is 0 Å². The zero-order valence-electron chi connectivity index (χ0n) is 12.7. The van der Waals surface area contributed by atoms with E-state index in [-0.39, 0.29) is 12.6 Å². The van der Waals surface area contributed by atoms with Gasteiger partial charge >= 0.3 is 5.97 Å². The lowest BCUT2D eigenvalue weighted by atomic mass is 9.84. The second kappa shape index (κ2) is 7.81. The highest BCUT2D eigenvalue weighted by Gasteiger charge is 2.51. The Kier molecular flexibility index (Phi) is 6.34. The largest absolute Gasteiger partial charge is 0.468 e. The number of aliphatic hydroxyl groups excluding tert-OH is 2. The maximum atomic E-state index is 12.3. The van der Waals surface area contributed by atoms with Gasteiger partial charge < -0.3 is 14.9 Å². The molecule has 21 heavy (non-hydrogen) atoms. The van der Waals surface area contributed by atoms with Crippen molar-refractivity contribution in [2.45, 2.75) is 56.2 Å². The van der Waals surface area contributed by atoms with Crippen LogP contribution in [0.4, 0.5) is 0 Å². The molecule has 0 bridgehead atoms. The number of thioether (sulfide) groups is 1. The zero-order chi connectivity index (χ0) is 15.3. The molecule has 0 radical (unpaired) electrons. The van der Waals surface area contributed by atoms with E-state index in [2.05, 4.69) is 5.32 Å². The standard InChI is InChI=1S/C15H27NO4S/c1-20-14(19)15(16-12-4-5-12)7-2-3-11(15)6-8-21-10-13(18)9-17/h11-13,16-18H,2-10H2,1H3. The van der Waals surface area contributed by atoms with E-state index in [1.54, 1.807) is 11.8 Å². The van der Waals surface area contributed by atoms with Gasteiger partial charge in [-0.15, -0.1) is 0 Å². The van der Waals surface area contributed by atoms with Crippen LogP contribution in [0.25, 0.3) is 0 Å². The van der Waals surface area contributed by atoms with Crippen molar-refractivity contribution in [3.63, 3.8) is 0 Å². The molecule has 6 heteroatoms. The minimum atomic E-state index is -0.645. The minimum Gasteiger partial charge on any atom is -0.468 e. The lowest BCUT2D eigenvalue weighted by molar-refractivity contribution is -0.150. The molecule has 122 valence electrons. The van der Waals surface area contributed by atoms with Crippen LogP contribution >= 0.6 is 11.8 Å². The molecule has 2 aliphatic carbocycles. The van der Waals surface area contributed by atoms with Gasteiger partial charge in [0.2, 0.25) is 0 Å². The summed E-state index contributed by atoms with van der Waals surface area (Å²) in [6.45, 7) is -0.189. The average molecular weight is 317 g/mol. The van der Waals surface area contributed by atoms with Crippen LogP contribution < -0.4 is 5.32 Å². The van der Waals surface area contributed by atoms with Gasteiger partial charge in [0.25, 0.3) is 0 Å². The fourth-order valence-corrected chi connectivity index (χ4v) is 4.25. The van der Waals surface area contributed by atoms with Gasteiger partial charge in [-0.1, -0.05) is 6.42 Å². The molecule has 0 amide bonds. The fraction of sp³-hybridized carbons (Fsp3) is 0.933. The van der Waals surface area contributed by atoms with Crippen molar-refractivity contribution in [2.24, 2.45) is 5.92 Å². The predicted molar refractivity (Wildman–Crippen MR) is 83.3 cm³/mol. The molecular formula is C15H27NO4S. The van der Waals surface area contributed by atoms with Crippen molar-refractivity contribution >= 4 is 17.7 Å². The first kappa shape index (κ1) is 17.1. The third-order valence-electron chi connectivity index (χ3n) is 4.54. The van der Waals surface area contributed by atoms with E-state index in [4.69, 9.17) is 9.84 Å². The van der Waals surface area contributed by atoms with Crippen LogP contribution in [0.5, 0.6) is 0 Å². The predicted octanol–water partition coefficient (Wildman–Crippen LogP) is 0.927. The Morgan fingerprint density at radius 3 is 2.86 bits per heavy atom. The molecule has 2 saturated carbocycles. The van der Waals surface area contributed by atoms with E-state index >= 15 is 0 Å². The van der Waals surface area contributed by atoms with Crippen molar-refractivity contribution in [1.29, 1.82) is 0 Å². The van der Waals surface area contributed by atoms with Gasteiger partial charge in [0.15, 0.2) is 0 Å². The summed E-state index contributed by atoms with van der Waals surface area (Å²) in [6, 6.07) is 0.480. The molecule has 3 unspecified atom stereocenters. The number of nitrogens with one attached hydrogen (secondary N) is 1. The first-order valence-electron chi connectivity index (χ1n) is 7.85. The van der Waals surface area contributed by atoms with Gasteiger partial charge in [-0.25, -0.2) is 0 Å². The molecule has 2 aliphatic rings. The number of carbonyl (C=O) groups excluding carboxylic acids is 1. The van der Waals surface area contributed by atoms with Crippen molar-refractivity contribution in [2.75, 3.05) is 25.2 Å². The summed E-state index contributed by atoms with van der Waals surface area (Å²) in [4.78, 5) is 12.3. The third kappa shape index (κ3) is 4.34. The normalized spacial score (nSPS) is 30.3. The number of esters is 1. The molecule has 0 aliphatic heterocycles. The van der Waals surface area contributed by atoms with E-state index in [9.17, 15) is 9.90 Å². The van der Waals surface area contributed by atoms with Crippen molar-refractivity contribution in [3.8, 4) is 0 Å². The number of carbonyl (C=O) groups is 1. The molecule has 3 atom stereocenters. The number of hydrogen-bond donors (Lipinski definition) is 3. The monoisotopic (exact) mass is 317 g/mol. The van der Waals surface area contributed by atoms with E-state index in [1.165, 1.54) is 7.11 Å². The molecule has 2 fully saturated rings. The fourth-order valence-electron chi connectivity index (χ4n) is 3.26. The van der Waals surface area contributed by atoms with Gasteiger partial charge in [-0.2, -0.15) is 11.8 Å². The van der Waals surface area contributed by atoms with Gasteiger partial charge in [0.1, 0.15) is 5.54 Å². The van der Waals surface area contributed by atoms with E-state index < -0.39 is 11.6 Å². The minimum absolute atomic E-state index is 0.114. The second-order valence-electron chi connectivity index (χ2n) is 6.17. The molecule has 0 aromatic rings. The number of hydrogen-bond acceptors (Lipinski definition) is 6. The smallest absolute Gasteiger partial charge is 0.326 e. The van der Waals surface area contributed by atoms with E-state index in [1.807, 2.05) is 0 Å². The first-order valence-corrected chi connectivity index (χ1v) is 9.00. The van der Waals surface area contributed by atoms with Gasteiger partial charge in [-0.05, 0) is 43.8 Å². The Hall–Kier alpha value is -0.300. The molecule has 3 N–H and O–H groups in total. The summed E-state index contributed by atoms with van der Waals surface area (Å²) in [5, 5.41) is 21.7. The number of methoxy groups -OCH3 is 1. The number of rotatable bonds is 9. The first-order chi connectivity index (χ1) is 10.1. The summed E-state index contributed by atoms with van der Waals surface area (Å²) in [6.07, 6.45) is 5.59. The third-order valence-corrected chi connectivity index (χ3v) is 5.69. The average Bonchev–Trinajstić information content (AvgIpc) is 3.22. The molecular weight excluding hydrogens is 290 g/mol. The van der Waals surface area contributed by atoms with Crippen LogP contribution in [-0.2, 0) is 9.53 Å². The highest BCUT2D eigenvalue weighted by molar-refractivity contribution is 7.99. The highest BCUT2D eigenvalue weighted by atomic mass is 32.2. The SMILES string of the molecule is COC(=O)C1(NC2CC2)CCCC1CCSCC(O)CO. The topological polar surface area (TPSA) is 78.8 Å². The summed E-state index contributed by atoms with van der Waals surface area (Å²) in [5.41, 5.74) is -0.494. The highest BCUT2D eigenvalue weighted by Crippen LogP contribution is 2.41. The molecule has 0 aromatic carbocycles. The van der Waals surface area contributed by atoms with Gasteiger partial charge in [0.05, 0.1) is 19.8 Å². The number of ether oxygens (including phenoxy) is 1. The van der Waals surface area contributed by atoms with Crippen LogP contribution in [0.2, 0.25) is 0 Å². The summed E-state index contributed by atoms with van der Waals surface area (Å²) in [5.74, 6) is 1.64. The Morgan fingerprint density at radius 1 is 1.48 bits per heavy atom. The Bertz CT molecular complexity index is 351. The van der Waals surface area contributed by atoms with Crippen LogP contribution in [-0.4, -0.2) is 59.1 Å². The Labute approximate surface area is 130 Å². The summed E-state index contributed by atoms with van der Waals surface area (Å²) >= 11 is 1.64. The number of aliphatic hydroxyl groups is 2. The molecule has 0 spiro atoms. The van der Waals surface area contributed by atoms with Crippen LogP contribution in [0, 0.1) is 5.92 Å². The molecule has 0 saturated heterocycles. The van der Waals surface area contributed by atoms with Crippen LogP contribution in [0.3, 0.4) is 0 Å². The molecule has 5 nitrogen and oxygen atoms in total. The maximum absolute atomic E-state index is 12.3. The lowest BCUT2D eigenvalue weighted by Gasteiger charge is -2.34. The molecule has 0 aromatic heterocycles. The Morgan fingerprint density at radius 2 is 2.24 bits per heavy atom. The second-order valence-corrected chi connectivity index (χ2v) is 7.32.